The fourth-order valence-corrected chi connectivity index (χ4v) is 5.46. The smallest absolute Gasteiger partial charge is 0.266 e. The van der Waals surface area contributed by atoms with E-state index in [1.807, 2.05) is 55.5 Å². The van der Waals surface area contributed by atoms with Gasteiger partial charge in [-0.25, -0.2) is 4.98 Å². The van der Waals surface area contributed by atoms with Gasteiger partial charge in [-0.3, -0.25) is 19.4 Å². The van der Waals surface area contributed by atoms with E-state index in [-0.39, 0.29) is 24.3 Å². The predicted molar refractivity (Wildman–Crippen MR) is 135 cm³/mol. The summed E-state index contributed by atoms with van der Waals surface area (Å²) in [5, 5.41) is 1.62. The summed E-state index contributed by atoms with van der Waals surface area (Å²) < 4.78 is 0. The molecule has 176 valence electrons. The van der Waals surface area contributed by atoms with Crippen molar-refractivity contribution < 1.29 is 14.4 Å². The minimum atomic E-state index is -0.533. The van der Waals surface area contributed by atoms with E-state index >= 15 is 0 Å². The molecule has 4 aromatic rings. The minimum Gasteiger partial charge on any atom is -0.366 e. The van der Waals surface area contributed by atoms with Crippen LogP contribution in [-0.4, -0.2) is 45.1 Å². The number of amides is 2. The van der Waals surface area contributed by atoms with Crippen LogP contribution in [0.4, 0.5) is 0 Å². The number of likely N-dealkylation sites (tertiary alicyclic amines) is 1. The van der Waals surface area contributed by atoms with Crippen molar-refractivity contribution in [2.24, 2.45) is 5.73 Å². The van der Waals surface area contributed by atoms with Crippen LogP contribution in [0.3, 0.4) is 0 Å². The van der Waals surface area contributed by atoms with E-state index in [1.165, 1.54) is 11.3 Å². The first-order valence-electron chi connectivity index (χ1n) is 11.4. The van der Waals surface area contributed by atoms with Gasteiger partial charge in [0.1, 0.15) is 4.88 Å². The zero-order chi connectivity index (χ0) is 24.5. The van der Waals surface area contributed by atoms with E-state index in [9.17, 15) is 14.4 Å². The van der Waals surface area contributed by atoms with E-state index in [0.717, 1.165) is 21.7 Å². The number of primary amides is 1. The quantitative estimate of drug-likeness (QED) is 0.457. The Labute approximate surface area is 206 Å². The second kappa shape index (κ2) is 9.38. The molecule has 1 aliphatic rings. The number of rotatable bonds is 5. The molecule has 0 aliphatic carbocycles. The number of aryl methyl sites for hydroxylation is 1. The molecule has 1 fully saturated rings. The highest BCUT2D eigenvalue weighted by molar-refractivity contribution is 7.14. The van der Waals surface area contributed by atoms with Gasteiger partial charge >= 0.3 is 0 Å². The van der Waals surface area contributed by atoms with Crippen LogP contribution in [0.15, 0.2) is 60.7 Å². The van der Waals surface area contributed by atoms with E-state index in [4.69, 9.17) is 10.7 Å². The van der Waals surface area contributed by atoms with Gasteiger partial charge in [0.2, 0.25) is 0 Å². The maximum atomic E-state index is 13.8. The highest BCUT2D eigenvalue weighted by Gasteiger charge is 2.34. The fourth-order valence-electron chi connectivity index (χ4n) is 4.57. The van der Waals surface area contributed by atoms with Crippen molar-refractivity contribution in [2.75, 3.05) is 6.54 Å². The van der Waals surface area contributed by atoms with Crippen LogP contribution in [-0.2, 0) is 11.2 Å². The number of Topliss-reactive ketones (excluding diaryl/α,β-unsaturated/α-hetero) is 1. The molecule has 0 bridgehead atoms. The van der Waals surface area contributed by atoms with E-state index in [1.54, 1.807) is 17.0 Å². The Kier molecular flexibility index (Phi) is 6.13. The second-order valence-electron chi connectivity index (χ2n) is 8.69. The molecule has 1 saturated heterocycles. The largest absolute Gasteiger partial charge is 0.366 e. The van der Waals surface area contributed by atoms with Crippen LogP contribution in [0.2, 0.25) is 0 Å². The second-order valence-corrected chi connectivity index (χ2v) is 9.89. The van der Waals surface area contributed by atoms with Gasteiger partial charge in [-0.15, -0.1) is 11.3 Å². The first-order valence-corrected chi connectivity index (χ1v) is 12.3. The molecule has 7 nitrogen and oxygen atoms in total. The third-order valence-corrected chi connectivity index (χ3v) is 7.23. The van der Waals surface area contributed by atoms with Gasteiger partial charge in [-0.2, -0.15) is 0 Å². The van der Waals surface area contributed by atoms with Crippen molar-refractivity contribution >= 4 is 39.8 Å². The third kappa shape index (κ3) is 4.57. The lowest BCUT2D eigenvalue weighted by Crippen LogP contribution is -2.48. The molecule has 1 atom stereocenters. The number of fused-ring (bicyclic) bond motifs is 1. The molecule has 3 heterocycles. The lowest BCUT2D eigenvalue weighted by atomic mass is 9.96. The Morgan fingerprint density at radius 1 is 1.06 bits per heavy atom. The molecule has 8 heteroatoms. The van der Waals surface area contributed by atoms with Crippen LogP contribution >= 0.6 is 11.3 Å². The average Bonchev–Trinajstić information content (AvgIpc) is 3.26. The number of hydrogen-bond acceptors (Lipinski definition) is 6. The van der Waals surface area contributed by atoms with Crippen molar-refractivity contribution in [3.05, 3.63) is 81.8 Å². The van der Waals surface area contributed by atoms with E-state index in [0.29, 0.717) is 40.9 Å². The van der Waals surface area contributed by atoms with Gasteiger partial charge in [0, 0.05) is 35.5 Å². The average molecular weight is 485 g/mol. The number of pyridine rings is 1. The maximum absolute atomic E-state index is 13.8. The van der Waals surface area contributed by atoms with Gasteiger partial charge in [-0.1, -0.05) is 48.5 Å². The first-order chi connectivity index (χ1) is 16.9. The summed E-state index contributed by atoms with van der Waals surface area (Å²) in [6.45, 7) is 1.94. The molecule has 1 unspecified atom stereocenters. The standard InChI is InChI=1S/C27H24N4O3S/c1-16-29-24(17-6-3-2-4-7-17)25(35-16)27(34)31-15-21(32)13-12-20(31)14-19-11-10-18-8-5-9-22(26(28)33)23(18)30-19/h2-11,20H,12-15H2,1H3,(H2,28,33). The number of thiazole rings is 1. The highest BCUT2D eigenvalue weighted by atomic mass is 32.1. The number of benzene rings is 2. The lowest BCUT2D eigenvalue weighted by Gasteiger charge is -2.34. The van der Waals surface area contributed by atoms with Gasteiger partial charge in [0.15, 0.2) is 5.78 Å². The SMILES string of the molecule is Cc1nc(-c2ccccc2)c(C(=O)N2CC(=O)CCC2Cc2ccc3cccc(C(N)=O)c3n2)s1. The van der Waals surface area contributed by atoms with Crippen molar-refractivity contribution in [1.82, 2.24) is 14.9 Å². The lowest BCUT2D eigenvalue weighted by molar-refractivity contribution is -0.122. The summed E-state index contributed by atoms with van der Waals surface area (Å²) in [5.41, 5.74) is 8.71. The Balaban J connectivity index is 1.48. The topological polar surface area (TPSA) is 106 Å². The van der Waals surface area contributed by atoms with Crippen LogP contribution in [0.1, 0.15) is 43.6 Å². The number of aromatic nitrogens is 2. The molecule has 2 amide bonds. The predicted octanol–water partition coefficient (Wildman–Crippen LogP) is 4.18. The Morgan fingerprint density at radius 3 is 2.63 bits per heavy atom. The molecule has 2 aromatic carbocycles. The summed E-state index contributed by atoms with van der Waals surface area (Å²) in [5.74, 6) is -0.681. The monoisotopic (exact) mass is 484 g/mol. The van der Waals surface area contributed by atoms with Crippen LogP contribution in [0.25, 0.3) is 22.2 Å². The van der Waals surface area contributed by atoms with Gasteiger partial charge in [0.05, 0.1) is 28.3 Å². The molecule has 0 radical (unpaired) electrons. The molecule has 2 N–H and O–H groups in total. The number of nitrogens with zero attached hydrogens (tertiary/aromatic N) is 3. The number of carbonyl (C=O) groups excluding carboxylic acids is 3. The number of hydrogen-bond donors (Lipinski definition) is 1. The molecular formula is C27H24N4O3S. The highest BCUT2D eigenvalue weighted by Crippen LogP contribution is 2.31. The molecule has 35 heavy (non-hydrogen) atoms. The molecule has 0 spiro atoms. The number of nitrogens with two attached hydrogens (primary N) is 1. The van der Waals surface area contributed by atoms with Crippen LogP contribution in [0.5, 0.6) is 0 Å². The van der Waals surface area contributed by atoms with Crippen LogP contribution in [0, 0.1) is 6.92 Å². The molecule has 1 aliphatic heterocycles. The van der Waals surface area contributed by atoms with E-state index < -0.39 is 5.91 Å². The molecule has 2 aromatic heterocycles. The minimum absolute atomic E-state index is 0.0413. The molecule has 0 saturated carbocycles. The van der Waals surface area contributed by atoms with Crippen molar-refractivity contribution in [1.29, 1.82) is 0 Å². The molecule has 5 rings (SSSR count). The summed E-state index contributed by atoms with van der Waals surface area (Å²) >= 11 is 1.35. The Morgan fingerprint density at radius 2 is 1.86 bits per heavy atom. The van der Waals surface area contributed by atoms with Gasteiger partial charge in [-0.05, 0) is 25.5 Å². The maximum Gasteiger partial charge on any atom is 0.266 e. The van der Waals surface area contributed by atoms with E-state index in [2.05, 4.69) is 4.98 Å². The van der Waals surface area contributed by atoms with Crippen molar-refractivity contribution in [3.63, 3.8) is 0 Å². The normalized spacial score (nSPS) is 16.0. The third-order valence-electron chi connectivity index (χ3n) is 6.27. The molecular weight excluding hydrogens is 460 g/mol. The fraction of sp³-hybridized carbons (Fsp3) is 0.222. The Bertz CT molecular complexity index is 1450. The van der Waals surface area contributed by atoms with Crippen LogP contribution < -0.4 is 5.73 Å². The van der Waals surface area contributed by atoms with Crippen molar-refractivity contribution in [2.45, 2.75) is 32.2 Å². The Hall–Kier alpha value is -3.91. The summed E-state index contributed by atoms with van der Waals surface area (Å²) in [4.78, 5) is 49.6. The van der Waals surface area contributed by atoms with Gasteiger partial charge in [0.25, 0.3) is 11.8 Å². The summed E-state index contributed by atoms with van der Waals surface area (Å²) in [6, 6.07) is 18.5. The number of para-hydroxylation sites is 1. The zero-order valence-corrected chi connectivity index (χ0v) is 20.0. The summed E-state index contributed by atoms with van der Waals surface area (Å²) in [6.07, 6.45) is 1.45. The summed E-state index contributed by atoms with van der Waals surface area (Å²) in [7, 11) is 0. The number of ketones is 1. The zero-order valence-electron chi connectivity index (χ0n) is 19.2. The first kappa shape index (κ1) is 22.9. The van der Waals surface area contributed by atoms with Gasteiger partial charge < -0.3 is 10.6 Å². The number of piperidine rings is 1. The van der Waals surface area contributed by atoms with Crippen molar-refractivity contribution in [3.8, 4) is 11.3 Å². The number of carbonyl (C=O) groups is 3.